The molecule has 4 heteroatoms. The topological polar surface area (TPSA) is 66.8 Å². The van der Waals surface area contributed by atoms with Crippen LogP contribution in [0.1, 0.15) is 71.6 Å². The van der Waals surface area contributed by atoms with Gasteiger partial charge in [0.05, 0.1) is 7.11 Å². The van der Waals surface area contributed by atoms with Crippen molar-refractivity contribution in [1.29, 1.82) is 0 Å². The number of allylic oxidation sites excluding steroid dienone is 4. The Bertz CT molecular complexity index is 563. The van der Waals surface area contributed by atoms with E-state index in [-0.39, 0.29) is 0 Å². The smallest absolute Gasteiger partial charge is 0.366 e. The molecule has 1 atom stereocenters. The molecule has 0 saturated heterocycles. The van der Waals surface area contributed by atoms with Crippen LogP contribution in [0.25, 0.3) is 0 Å². The second-order valence-corrected chi connectivity index (χ2v) is 6.98. The highest BCUT2D eigenvalue weighted by Crippen LogP contribution is 2.29. The molecular weight excluding hydrogens is 328 g/mol. The molecule has 0 aromatic rings. The fourth-order valence-corrected chi connectivity index (χ4v) is 3.03. The van der Waals surface area contributed by atoms with E-state index in [4.69, 9.17) is 0 Å². The van der Waals surface area contributed by atoms with Crippen LogP contribution in [0.5, 0.6) is 0 Å². The highest BCUT2D eigenvalue weighted by molar-refractivity contribution is 5.77. The van der Waals surface area contributed by atoms with Crippen molar-refractivity contribution in [3.05, 3.63) is 41.2 Å². The molecule has 1 aliphatic rings. The molecule has 0 spiro atoms. The van der Waals surface area contributed by atoms with Crippen molar-refractivity contribution in [3.63, 3.8) is 0 Å². The van der Waals surface area contributed by atoms with Gasteiger partial charge in [-0.1, -0.05) is 50.8 Å². The summed E-state index contributed by atoms with van der Waals surface area (Å²) in [6, 6.07) is 0. The van der Waals surface area contributed by atoms with Gasteiger partial charge in [0.15, 0.2) is 0 Å². The molecule has 0 aromatic carbocycles. The summed E-state index contributed by atoms with van der Waals surface area (Å²) in [5, 5.41) is 19.5. The summed E-state index contributed by atoms with van der Waals surface area (Å²) >= 11 is 0. The number of unbranched alkanes of at least 4 members (excludes halogenated alkanes) is 4. The van der Waals surface area contributed by atoms with Crippen LogP contribution < -0.4 is 0 Å². The fraction of sp³-hybridized carbons (Fsp3) is 0.636. The van der Waals surface area contributed by atoms with Crippen molar-refractivity contribution in [2.75, 3.05) is 7.11 Å². The first-order valence-electron chi connectivity index (χ1n) is 9.75. The summed E-state index contributed by atoms with van der Waals surface area (Å²) in [5.74, 6) is -4.38. The molecule has 0 heterocycles. The third-order valence-corrected chi connectivity index (χ3v) is 4.86. The van der Waals surface area contributed by atoms with Crippen LogP contribution in [0, 0.1) is 5.92 Å². The highest BCUT2D eigenvalue weighted by Gasteiger charge is 2.39. The Labute approximate surface area is 158 Å². The van der Waals surface area contributed by atoms with Gasteiger partial charge >= 0.3 is 5.97 Å². The third-order valence-electron chi connectivity index (χ3n) is 4.86. The van der Waals surface area contributed by atoms with Gasteiger partial charge in [-0.05, 0) is 56.3 Å². The van der Waals surface area contributed by atoms with Crippen molar-refractivity contribution in [1.82, 2.24) is 0 Å². The number of ether oxygens (including phenoxy) is 1. The Balaban J connectivity index is 2.56. The van der Waals surface area contributed by atoms with E-state index < -0.39 is 17.7 Å². The summed E-state index contributed by atoms with van der Waals surface area (Å²) in [5.41, 5.74) is 5.83. The van der Waals surface area contributed by atoms with Gasteiger partial charge in [0.25, 0.3) is 5.79 Å². The average Bonchev–Trinajstić information content (AvgIpc) is 3.07. The van der Waals surface area contributed by atoms with Crippen LogP contribution >= 0.6 is 0 Å². The number of esters is 1. The summed E-state index contributed by atoms with van der Waals surface area (Å²) < 4.78 is 4.39. The molecule has 1 rings (SSSR count). The lowest BCUT2D eigenvalue weighted by atomic mass is 10.0. The van der Waals surface area contributed by atoms with Gasteiger partial charge in [-0.3, -0.25) is 0 Å². The van der Waals surface area contributed by atoms with E-state index in [0.717, 1.165) is 32.8 Å². The van der Waals surface area contributed by atoms with Crippen LogP contribution in [-0.4, -0.2) is 29.1 Å². The quantitative estimate of drug-likeness (QED) is 0.244. The first-order valence-corrected chi connectivity index (χ1v) is 9.75. The van der Waals surface area contributed by atoms with E-state index in [0.29, 0.717) is 0 Å². The Kier molecular flexibility index (Phi) is 10.3. The van der Waals surface area contributed by atoms with E-state index in [2.05, 4.69) is 29.5 Å². The van der Waals surface area contributed by atoms with Gasteiger partial charge in [0, 0.05) is 5.92 Å². The molecule has 0 aliphatic heterocycles. The van der Waals surface area contributed by atoms with E-state index in [1.54, 1.807) is 6.92 Å². The number of hydrogen-bond acceptors (Lipinski definition) is 4. The minimum atomic E-state index is -2.52. The zero-order valence-corrected chi connectivity index (χ0v) is 16.5. The minimum Gasteiger partial charge on any atom is -0.465 e. The van der Waals surface area contributed by atoms with Crippen LogP contribution in [-0.2, 0) is 9.53 Å². The summed E-state index contributed by atoms with van der Waals surface area (Å²) in [6.45, 7) is 3.77. The Hall–Kier alpha value is -1.61. The largest absolute Gasteiger partial charge is 0.465 e. The molecule has 0 fully saturated rings. The van der Waals surface area contributed by atoms with Gasteiger partial charge in [-0.25, -0.2) is 4.79 Å². The molecule has 0 amide bonds. The Morgan fingerprint density at radius 2 is 2.08 bits per heavy atom. The number of methoxy groups -OCH3 is 1. The molecule has 1 unspecified atom stereocenters. The monoisotopic (exact) mass is 362 g/mol. The van der Waals surface area contributed by atoms with E-state index >= 15 is 0 Å². The van der Waals surface area contributed by atoms with Crippen LogP contribution in [0.4, 0.5) is 0 Å². The molecule has 4 nitrogen and oxygen atoms in total. The number of rotatable bonds is 11. The number of hydrogen-bond donors (Lipinski definition) is 2. The van der Waals surface area contributed by atoms with Gasteiger partial charge in [0.2, 0.25) is 0 Å². The van der Waals surface area contributed by atoms with E-state index in [1.165, 1.54) is 49.3 Å². The van der Waals surface area contributed by atoms with Crippen LogP contribution in [0.2, 0.25) is 0 Å². The van der Waals surface area contributed by atoms with Crippen molar-refractivity contribution in [3.8, 4) is 0 Å². The van der Waals surface area contributed by atoms with Gasteiger partial charge in [0.1, 0.15) is 0 Å². The van der Waals surface area contributed by atoms with Crippen LogP contribution in [0.3, 0.4) is 0 Å². The molecule has 1 aliphatic carbocycles. The third kappa shape index (κ3) is 7.33. The maximum atomic E-state index is 11.3. The minimum absolute atomic E-state index is 0.800. The lowest BCUT2D eigenvalue weighted by Gasteiger charge is -2.22. The number of carbonyl (C=O) groups excluding carboxylic acids is 1. The molecule has 0 aromatic heterocycles. The van der Waals surface area contributed by atoms with Gasteiger partial charge in [-0.15, -0.1) is 5.73 Å². The normalized spacial score (nSPS) is 15.9. The average molecular weight is 363 g/mol. The second-order valence-electron chi connectivity index (χ2n) is 6.98. The highest BCUT2D eigenvalue weighted by atomic mass is 16.6. The molecule has 0 saturated carbocycles. The standard InChI is InChI=1S/C22H34O4/c1-4-5-6-7-8-9-14-19-16-12-17-20(19)15-11-10-13-18(2)22(24,25)21(23)26-3/h9,11,13-14,18,24-25H,4-8,12,15-17H2,1-3H3/b14-9+. The molecule has 2 N–H and O–H groups in total. The molecule has 146 valence electrons. The van der Waals surface area contributed by atoms with Crippen molar-refractivity contribution < 1.29 is 19.7 Å². The zero-order chi connectivity index (χ0) is 19.4. The van der Waals surface area contributed by atoms with Crippen molar-refractivity contribution in [2.24, 2.45) is 5.92 Å². The lowest BCUT2D eigenvalue weighted by molar-refractivity contribution is -0.217. The predicted octanol–water partition coefficient (Wildman–Crippen LogP) is 4.58. The van der Waals surface area contributed by atoms with E-state index in [9.17, 15) is 15.0 Å². The predicted molar refractivity (Wildman–Crippen MR) is 104 cm³/mol. The lowest BCUT2D eigenvalue weighted by Crippen LogP contribution is -2.44. The maximum absolute atomic E-state index is 11.3. The van der Waals surface area contributed by atoms with Gasteiger partial charge < -0.3 is 14.9 Å². The first kappa shape index (κ1) is 22.4. The summed E-state index contributed by atoms with van der Waals surface area (Å²) in [4.78, 5) is 11.3. The number of aliphatic hydroxyl groups is 2. The zero-order valence-electron chi connectivity index (χ0n) is 16.5. The molecular formula is C22H34O4. The molecule has 26 heavy (non-hydrogen) atoms. The summed E-state index contributed by atoms with van der Waals surface area (Å²) in [7, 11) is 1.13. The van der Waals surface area contributed by atoms with Gasteiger partial charge in [-0.2, -0.15) is 0 Å². The molecule has 0 bridgehead atoms. The SMILES string of the molecule is CCCCCC/C=C/C1=C(CC=C=CC(C)C(O)(O)C(=O)OC)CCC1. The second kappa shape index (κ2) is 11.9. The van der Waals surface area contributed by atoms with E-state index in [1.807, 2.05) is 6.08 Å². The van der Waals surface area contributed by atoms with Crippen molar-refractivity contribution in [2.45, 2.75) is 77.4 Å². The molecule has 0 radical (unpaired) electrons. The number of carbonyl (C=O) groups is 1. The van der Waals surface area contributed by atoms with Crippen molar-refractivity contribution >= 4 is 5.97 Å². The van der Waals surface area contributed by atoms with Crippen LogP contribution in [0.15, 0.2) is 41.2 Å². The Morgan fingerprint density at radius 1 is 1.31 bits per heavy atom. The first-order chi connectivity index (χ1) is 12.4. The fourth-order valence-electron chi connectivity index (χ4n) is 3.03. The Morgan fingerprint density at radius 3 is 2.77 bits per heavy atom. The maximum Gasteiger partial charge on any atom is 0.366 e. The summed E-state index contributed by atoms with van der Waals surface area (Å²) in [6.07, 6.45) is 18.5.